The van der Waals surface area contributed by atoms with E-state index in [4.69, 9.17) is 4.18 Å². The number of rotatable bonds is 11. The van der Waals surface area contributed by atoms with E-state index < -0.39 is 52.1 Å². The normalized spacial score (nSPS) is 15.3. The van der Waals surface area contributed by atoms with Gasteiger partial charge in [0.05, 0.1) is 32.6 Å². The fourth-order valence-corrected chi connectivity index (χ4v) is 7.05. The topological polar surface area (TPSA) is 240 Å². The molecule has 54 heavy (non-hydrogen) atoms. The van der Waals surface area contributed by atoms with Gasteiger partial charge < -0.3 is 13.3 Å². The largest absolute Gasteiger partial charge is 0.744 e. The summed E-state index contributed by atoms with van der Waals surface area (Å²) in [6.45, 7) is 3.39. The molecular weight excluding hydrogens is 761 g/mol. The highest BCUT2D eigenvalue weighted by Gasteiger charge is 2.34. The van der Waals surface area contributed by atoms with Gasteiger partial charge in [0, 0.05) is 0 Å². The van der Waals surface area contributed by atoms with Crippen molar-refractivity contribution in [1.82, 2.24) is 0 Å². The first-order valence-electron chi connectivity index (χ1n) is 15.6. The van der Waals surface area contributed by atoms with Crippen LogP contribution in [-0.2, 0) is 35.1 Å². The third kappa shape index (κ3) is 8.62. The molecule has 0 spiro atoms. The number of hydrogen-bond donors (Lipinski definition) is 0. The molecule has 276 valence electrons. The molecule has 0 saturated carbocycles. The van der Waals surface area contributed by atoms with Gasteiger partial charge in [-0.1, -0.05) is 35.9 Å². The van der Waals surface area contributed by atoms with Crippen molar-refractivity contribution in [2.45, 2.75) is 34.6 Å². The lowest BCUT2D eigenvalue weighted by Crippen LogP contribution is -2.29. The van der Waals surface area contributed by atoms with Gasteiger partial charge in [0.2, 0.25) is 0 Å². The van der Waals surface area contributed by atoms with Gasteiger partial charge in [-0.2, -0.15) is 33.9 Å². The van der Waals surface area contributed by atoms with E-state index in [1.165, 1.54) is 60.7 Å². The van der Waals surface area contributed by atoms with Crippen LogP contribution in [0.4, 0.5) is 22.7 Å². The molecule has 16 nitrogen and oxygen atoms in total. The van der Waals surface area contributed by atoms with Gasteiger partial charge in [-0.15, -0.1) is 5.11 Å². The number of carbonyl (C=O) groups is 1. The van der Waals surface area contributed by atoms with Gasteiger partial charge in [-0.3, -0.25) is 4.79 Å². The van der Waals surface area contributed by atoms with Gasteiger partial charge in [-0.25, -0.2) is 16.8 Å². The summed E-state index contributed by atoms with van der Waals surface area (Å²) in [5.41, 5.74) is 2.66. The Hall–Kier alpha value is -5.99. The van der Waals surface area contributed by atoms with Crippen molar-refractivity contribution in [2.75, 3.05) is 5.01 Å². The van der Waals surface area contributed by atoms with Crippen LogP contribution in [0.15, 0.2) is 156 Å². The van der Waals surface area contributed by atoms with Crippen molar-refractivity contribution in [2.24, 2.45) is 25.6 Å². The fraction of sp³-hybridized carbons (Fsp3) is 0.0857. The van der Waals surface area contributed by atoms with Crippen LogP contribution in [0.5, 0.6) is 5.75 Å². The standard InChI is InChI=1S/C35H28N6O10S3/c1-22-3-16-31(17-4-22)54(49,50)51-29-14-10-27(11-15-29)36-38-32-20-7-25(21-33(32)53(46,47)48)24-5-8-26(9-6-24)37-39-34-23(2)40-41(35(34)42)28-12-18-30(19-13-28)52(43,44)45/h3-21,34H,1-2H3,(H,43,44,45)(H,46,47,48)/p-2. The van der Waals surface area contributed by atoms with E-state index in [0.717, 1.165) is 28.8 Å². The molecule has 0 saturated heterocycles. The number of hydrazone groups is 1. The summed E-state index contributed by atoms with van der Waals surface area (Å²) in [7, 11) is -13.7. The highest BCUT2D eigenvalue weighted by atomic mass is 32.2. The second-order valence-corrected chi connectivity index (χ2v) is 16.0. The number of amides is 1. The minimum Gasteiger partial charge on any atom is -0.744 e. The monoisotopic (exact) mass is 786 g/mol. The van der Waals surface area contributed by atoms with Gasteiger partial charge in [0.15, 0.2) is 6.04 Å². The molecule has 19 heteroatoms. The Morgan fingerprint density at radius 3 is 1.83 bits per heavy atom. The van der Waals surface area contributed by atoms with Crippen LogP contribution >= 0.6 is 0 Å². The molecule has 5 aromatic carbocycles. The Labute approximate surface area is 309 Å². The zero-order valence-electron chi connectivity index (χ0n) is 28.0. The van der Waals surface area contributed by atoms with Gasteiger partial charge in [0.25, 0.3) is 5.91 Å². The second kappa shape index (κ2) is 14.8. The lowest BCUT2D eigenvalue weighted by atomic mass is 10.1. The summed E-state index contributed by atoms with van der Waals surface area (Å²) in [6.07, 6.45) is 0. The minimum atomic E-state index is -5.01. The minimum absolute atomic E-state index is 0.0133. The Bertz CT molecular complexity index is 2670. The van der Waals surface area contributed by atoms with E-state index >= 15 is 0 Å². The lowest BCUT2D eigenvalue weighted by Gasteiger charge is -2.14. The first kappa shape index (κ1) is 37.8. The maximum atomic E-state index is 13.0. The zero-order valence-corrected chi connectivity index (χ0v) is 30.5. The van der Waals surface area contributed by atoms with E-state index in [-0.39, 0.29) is 27.7 Å². The molecule has 0 aromatic heterocycles. The highest BCUT2D eigenvalue weighted by molar-refractivity contribution is 7.87. The SMILES string of the molecule is CC1=NN(c2ccc(S(=O)(=O)[O-])cc2)C(=O)C1N=Nc1ccc(-c2ccc(N=Nc3ccc(OS(=O)(=O)c4ccc(C)cc4)cc3)c(S(=O)(=O)[O-])c2)cc1. The van der Waals surface area contributed by atoms with Crippen LogP contribution < -0.4 is 9.19 Å². The van der Waals surface area contributed by atoms with Crippen molar-refractivity contribution < 1.29 is 43.3 Å². The van der Waals surface area contributed by atoms with Crippen molar-refractivity contribution in [3.63, 3.8) is 0 Å². The number of benzene rings is 5. The third-order valence-electron chi connectivity index (χ3n) is 7.81. The molecule has 1 unspecified atom stereocenters. The summed E-state index contributed by atoms with van der Waals surface area (Å²) in [4.78, 5) is 11.9. The van der Waals surface area contributed by atoms with E-state index in [1.54, 1.807) is 43.3 Å². The Morgan fingerprint density at radius 2 is 1.22 bits per heavy atom. The molecule has 5 aromatic rings. The molecule has 1 amide bonds. The number of carbonyl (C=O) groups excluding carboxylic acids is 1. The molecule has 6 rings (SSSR count). The molecule has 0 N–H and O–H groups in total. The van der Waals surface area contributed by atoms with Crippen LogP contribution in [0.3, 0.4) is 0 Å². The summed E-state index contributed by atoms with van der Waals surface area (Å²) in [5, 5.41) is 21.4. The number of aryl methyl sites for hydroxylation is 1. The molecule has 0 bridgehead atoms. The fourth-order valence-electron chi connectivity index (χ4n) is 5.01. The number of azo groups is 2. The molecule has 0 radical (unpaired) electrons. The summed E-state index contributed by atoms with van der Waals surface area (Å²) >= 11 is 0. The van der Waals surface area contributed by atoms with Gasteiger partial charge in [-0.05, 0) is 110 Å². The van der Waals surface area contributed by atoms with Crippen LogP contribution in [0.25, 0.3) is 11.1 Å². The van der Waals surface area contributed by atoms with Crippen molar-refractivity contribution >= 4 is 64.7 Å². The maximum Gasteiger partial charge on any atom is 0.339 e. The number of hydrogen-bond acceptors (Lipinski definition) is 15. The molecule has 1 heterocycles. The van der Waals surface area contributed by atoms with E-state index in [9.17, 15) is 39.2 Å². The number of nitrogens with zero attached hydrogens (tertiary/aromatic N) is 6. The highest BCUT2D eigenvalue weighted by Crippen LogP contribution is 2.33. The zero-order chi connectivity index (χ0) is 38.8. The summed E-state index contributed by atoms with van der Waals surface area (Å²) in [5.74, 6) is -0.538. The maximum absolute atomic E-state index is 13.0. The molecule has 1 aliphatic heterocycles. The smallest absolute Gasteiger partial charge is 0.339 e. The molecule has 1 atom stereocenters. The molecular formula is C35H26N6O10S3-2. The van der Waals surface area contributed by atoms with Crippen LogP contribution in [0, 0.1) is 6.92 Å². The average Bonchev–Trinajstić information content (AvgIpc) is 3.42. The summed E-state index contributed by atoms with van der Waals surface area (Å²) in [6, 6.07) is 25.6. The Balaban J connectivity index is 1.13. The van der Waals surface area contributed by atoms with Crippen LogP contribution in [0.2, 0.25) is 0 Å². The molecule has 1 aliphatic rings. The second-order valence-electron chi connectivity index (χ2n) is 11.7. The first-order chi connectivity index (χ1) is 25.5. The van der Waals surface area contributed by atoms with Crippen molar-refractivity contribution in [3.05, 3.63) is 121 Å². The van der Waals surface area contributed by atoms with E-state index in [2.05, 4.69) is 25.6 Å². The predicted octanol–water partition coefficient (Wildman–Crippen LogP) is 6.53. The van der Waals surface area contributed by atoms with Crippen LogP contribution in [0.1, 0.15) is 12.5 Å². The summed E-state index contributed by atoms with van der Waals surface area (Å²) < 4.78 is 101. The van der Waals surface area contributed by atoms with Crippen molar-refractivity contribution in [3.8, 4) is 16.9 Å². The Kier molecular flexibility index (Phi) is 10.3. The predicted molar refractivity (Wildman–Crippen MR) is 193 cm³/mol. The molecule has 0 fully saturated rings. The lowest BCUT2D eigenvalue weighted by molar-refractivity contribution is -0.117. The van der Waals surface area contributed by atoms with Crippen LogP contribution in [-0.4, -0.2) is 52.0 Å². The number of anilines is 1. The third-order valence-corrected chi connectivity index (χ3v) is 10.8. The first-order valence-corrected chi connectivity index (χ1v) is 19.8. The van der Waals surface area contributed by atoms with E-state index in [0.29, 0.717) is 22.5 Å². The molecule has 0 aliphatic carbocycles. The average molecular weight is 787 g/mol. The van der Waals surface area contributed by atoms with Crippen molar-refractivity contribution in [1.29, 1.82) is 0 Å². The van der Waals surface area contributed by atoms with Gasteiger partial charge in [0.1, 0.15) is 36.6 Å². The quantitative estimate of drug-likeness (QED) is 0.0796. The Morgan fingerprint density at radius 1 is 0.648 bits per heavy atom. The van der Waals surface area contributed by atoms with Gasteiger partial charge >= 0.3 is 10.1 Å². The van der Waals surface area contributed by atoms with E-state index in [1.807, 2.05) is 6.92 Å².